The fourth-order valence-corrected chi connectivity index (χ4v) is 4.47. The Kier molecular flexibility index (Phi) is 10.2. The van der Waals surface area contributed by atoms with Gasteiger partial charge in [0.05, 0.1) is 38.7 Å². The predicted octanol–water partition coefficient (Wildman–Crippen LogP) is 5.54. The summed E-state index contributed by atoms with van der Waals surface area (Å²) in [5.41, 5.74) is 5.40. The van der Waals surface area contributed by atoms with Crippen LogP contribution in [0.15, 0.2) is 66.7 Å². The number of aliphatic carboxylic acids is 1. The Bertz CT molecular complexity index is 1370. The van der Waals surface area contributed by atoms with Gasteiger partial charge in [0.2, 0.25) is 0 Å². The summed E-state index contributed by atoms with van der Waals surface area (Å²) in [6.07, 6.45) is 0. The van der Waals surface area contributed by atoms with Crippen LogP contribution in [0.25, 0.3) is 22.2 Å². The molecule has 206 valence electrons. The number of ether oxygens (including phenoxy) is 4. The van der Waals surface area contributed by atoms with Gasteiger partial charge in [-0.1, -0.05) is 35.9 Å². The second kappa shape index (κ2) is 14.0. The molecule has 0 atom stereocenters. The minimum atomic E-state index is -0.997. The molecule has 4 rings (SSSR count). The third kappa shape index (κ3) is 7.97. The Morgan fingerprint density at radius 1 is 0.846 bits per heavy atom. The molecule has 9 heteroatoms. The third-order valence-electron chi connectivity index (χ3n) is 6.15. The Balaban J connectivity index is 1.30. The second-order valence-corrected chi connectivity index (χ2v) is 9.37. The number of carboxylic acids is 1. The van der Waals surface area contributed by atoms with E-state index in [1.807, 2.05) is 60.7 Å². The molecule has 0 spiro atoms. The van der Waals surface area contributed by atoms with Crippen LogP contribution in [0.4, 0.5) is 0 Å². The highest BCUT2D eigenvalue weighted by molar-refractivity contribution is 6.30. The van der Waals surface area contributed by atoms with Gasteiger partial charge in [-0.15, -0.1) is 0 Å². The van der Waals surface area contributed by atoms with E-state index in [4.69, 9.17) is 35.7 Å². The molecule has 0 saturated heterocycles. The first-order valence-electron chi connectivity index (χ1n) is 12.7. The van der Waals surface area contributed by atoms with E-state index >= 15 is 0 Å². The number of phenolic OH excluding ortho intramolecular Hbond substituents is 1. The number of fused-ring (bicyclic) bond motifs is 1. The number of hydrogen-bond donors (Lipinski definition) is 2. The maximum absolute atomic E-state index is 10.3. The Hall–Kier alpha value is -3.56. The largest absolute Gasteiger partial charge is 0.508 e. The van der Waals surface area contributed by atoms with Crippen molar-refractivity contribution in [3.63, 3.8) is 0 Å². The van der Waals surface area contributed by atoms with Gasteiger partial charge in [0.15, 0.2) is 0 Å². The highest BCUT2D eigenvalue weighted by Gasteiger charge is 2.17. The monoisotopic (exact) mass is 553 g/mol. The van der Waals surface area contributed by atoms with Crippen LogP contribution in [-0.4, -0.2) is 67.0 Å². The topological polar surface area (TPSA) is 99.4 Å². The van der Waals surface area contributed by atoms with E-state index in [0.29, 0.717) is 44.6 Å². The third-order valence-corrected chi connectivity index (χ3v) is 6.40. The average molecular weight is 554 g/mol. The standard InChI is InChI=1S/C30H32ClNO7/c1-21-27-18-25(33)8-11-28(27)32(30(21)23-4-6-24(31)7-5-23)19-22-2-9-26(10-3-22)39-17-16-37-13-12-36-14-15-38-20-29(34)35/h2-11,18,33H,12-17,19-20H2,1H3,(H,34,35). The van der Waals surface area contributed by atoms with Crippen molar-refractivity contribution in [2.24, 2.45) is 0 Å². The first-order valence-corrected chi connectivity index (χ1v) is 13.0. The lowest BCUT2D eigenvalue weighted by atomic mass is 10.1. The van der Waals surface area contributed by atoms with Crippen LogP contribution in [0.5, 0.6) is 11.5 Å². The van der Waals surface area contributed by atoms with Crippen LogP contribution in [0.1, 0.15) is 11.1 Å². The number of benzene rings is 3. The van der Waals surface area contributed by atoms with Crippen LogP contribution in [0.2, 0.25) is 5.02 Å². The van der Waals surface area contributed by atoms with Crippen LogP contribution in [0.3, 0.4) is 0 Å². The van der Waals surface area contributed by atoms with Gasteiger partial charge in [0, 0.05) is 22.5 Å². The molecular formula is C30H32ClNO7. The SMILES string of the molecule is Cc1c(-c2ccc(Cl)cc2)n(Cc2ccc(OCCOCCOCCOCC(=O)O)cc2)c2ccc(O)cc12. The summed E-state index contributed by atoms with van der Waals surface area (Å²) < 4.78 is 23.8. The molecule has 0 aliphatic heterocycles. The lowest BCUT2D eigenvalue weighted by Gasteiger charge is -2.13. The number of carbonyl (C=O) groups is 1. The molecule has 3 aromatic carbocycles. The summed E-state index contributed by atoms with van der Waals surface area (Å²) in [6.45, 7) is 4.60. The van der Waals surface area contributed by atoms with Crippen molar-refractivity contribution < 1.29 is 34.0 Å². The molecule has 0 amide bonds. The molecular weight excluding hydrogens is 522 g/mol. The number of carboxylic acid groups (broad SMARTS) is 1. The smallest absolute Gasteiger partial charge is 0.329 e. The molecule has 0 aliphatic carbocycles. The van der Waals surface area contributed by atoms with Crippen molar-refractivity contribution in [1.29, 1.82) is 0 Å². The molecule has 0 unspecified atom stereocenters. The Labute approximate surface area is 232 Å². The second-order valence-electron chi connectivity index (χ2n) is 8.93. The van der Waals surface area contributed by atoms with E-state index in [2.05, 4.69) is 11.5 Å². The zero-order valence-electron chi connectivity index (χ0n) is 21.8. The first-order chi connectivity index (χ1) is 18.9. The number of aromatic hydroxyl groups is 1. The van der Waals surface area contributed by atoms with Gasteiger partial charge in [-0.2, -0.15) is 0 Å². The van der Waals surface area contributed by atoms with Gasteiger partial charge in [0.1, 0.15) is 24.7 Å². The summed E-state index contributed by atoms with van der Waals surface area (Å²) in [7, 11) is 0. The summed E-state index contributed by atoms with van der Waals surface area (Å²) in [4.78, 5) is 10.3. The fraction of sp³-hybridized carbons (Fsp3) is 0.300. The fourth-order valence-electron chi connectivity index (χ4n) is 4.35. The summed E-state index contributed by atoms with van der Waals surface area (Å²) >= 11 is 6.14. The minimum Gasteiger partial charge on any atom is -0.508 e. The van der Waals surface area contributed by atoms with E-state index in [1.165, 1.54) is 0 Å². The van der Waals surface area contributed by atoms with Gasteiger partial charge < -0.3 is 33.7 Å². The number of phenols is 1. The van der Waals surface area contributed by atoms with E-state index in [1.54, 1.807) is 6.07 Å². The Morgan fingerprint density at radius 3 is 2.15 bits per heavy atom. The highest BCUT2D eigenvalue weighted by Crippen LogP contribution is 2.36. The molecule has 0 radical (unpaired) electrons. The molecule has 0 aliphatic rings. The molecule has 0 fully saturated rings. The predicted molar refractivity (Wildman–Crippen MR) is 150 cm³/mol. The van der Waals surface area contributed by atoms with E-state index < -0.39 is 5.97 Å². The normalized spacial score (nSPS) is 11.2. The zero-order chi connectivity index (χ0) is 27.6. The van der Waals surface area contributed by atoms with Crippen molar-refractivity contribution >= 4 is 28.5 Å². The number of aromatic nitrogens is 1. The summed E-state index contributed by atoms with van der Waals surface area (Å²) in [5, 5.41) is 20.3. The van der Waals surface area contributed by atoms with Crippen LogP contribution in [-0.2, 0) is 25.5 Å². The van der Waals surface area contributed by atoms with E-state index in [0.717, 1.165) is 39.0 Å². The molecule has 8 nitrogen and oxygen atoms in total. The lowest BCUT2D eigenvalue weighted by molar-refractivity contribution is -0.142. The molecule has 0 bridgehead atoms. The van der Waals surface area contributed by atoms with Crippen molar-refractivity contribution in [3.8, 4) is 22.8 Å². The van der Waals surface area contributed by atoms with Crippen LogP contribution < -0.4 is 4.74 Å². The highest BCUT2D eigenvalue weighted by atomic mass is 35.5. The average Bonchev–Trinajstić information content (AvgIpc) is 3.18. The molecule has 1 heterocycles. The summed E-state index contributed by atoms with van der Waals surface area (Å²) in [6, 6.07) is 21.3. The van der Waals surface area contributed by atoms with E-state index in [-0.39, 0.29) is 19.0 Å². The van der Waals surface area contributed by atoms with Crippen LogP contribution in [0, 0.1) is 6.92 Å². The van der Waals surface area contributed by atoms with Gasteiger partial charge >= 0.3 is 5.97 Å². The molecule has 4 aromatic rings. The molecule has 0 saturated carbocycles. The minimum absolute atomic E-state index is 0.234. The van der Waals surface area contributed by atoms with Gasteiger partial charge in [0.25, 0.3) is 0 Å². The number of hydrogen-bond acceptors (Lipinski definition) is 6. The van der Waals surface area contributed by atoms with Crippen molar-refractivity contribution in [2.75, 3.05) is 46.2 Å². The number of rotatable bonds is 15. The molecule has 2 N–H and O–H groups in total. The number of nitrogens with zero attached hydrogens (tertiary/aromatic N) is 1. The molecule has 39 heavy (non-hydrogen) atoms. The Morgan fingerprint density at radius 2 is 1.49 bits per heavy atom. The van der Waals surface area contributed by atoms with Gasteiger partial charge in [-0.05, 0) is 66.1 Å². The van der Waals surface area contributed by atoms with Gasteiger partial charge in [-0.3, -0.25) is 0 Å². The zero-order valence-corrected chi connectivity index (χ0v) is 22.5. The quantitative estimate of drug-likeness (QED) is 0.187. The van der Waals surface area contributed by atoms with Crippen molar-refractivity contribution in [3.05, 3.63) is 82.9 Å². The first kappa shape index (κ1) is 28.4. The van der Waals surface area contributed by atoms with Crippen molar-refractivity contribution in [1.82, 2.24) is 4.57 Å². The van der Waals surface area contributed by atoms with E-state index in [9.17, 15) is 9.90 Å². The summed E-state index contributed by atoms with van der Waals surface area (Å²) in [5.74, 6) is -0.000616. The number of halogens is 1. The molecule has 1 aromatic heterocycles. The number of aryl methyl sites for hydroxylation is 1. The maximum Gasteiger partial charge on any atom is 0.329 e. The van der Waals surface area contributed by atoms with Crippen LogP contribution >= 0.6 is 11.6 Å². The lowest BCUT2D eigenvalue weighted by Crippen LogP contribution is -2.14. The maximum atomic E-state index is 10.3. The van der Waals surface area contributed by atoms with Crippen molar-refractivity contribution in [2.45, 2.75) is 13.5 Å². The van der Waals surface area contributed by atoms with Gasteiger partial charge in [-0.25, -0.2) is 4.79 Å².